The molecule has 22 heavy (non-hydrogen) atoms. The highest BCUT2D eigenvalue weighted by Gasteiger charge is 2.16. The molecule has 0 heterocycles. The monoisotopic (exact) mass is 369 g/mol. The van der Waals surface area contributed by atoms with Crippen LogP contribution in [0.2, 0.25) is 0 Å². The van der Waals surface area contributed by atoms with Crippen molar-refractivity contribution in [2.24, 2.45) is 0 Å². The Morgan fingerprint density at radius 3 is 2.27 bits per heavy atom. The van der Waals surface area contributed by atoms with Crippen molar-refractivity contribution in [3.63, 3.8) is 0 Å². The molecule has 3 amide bonds. The van der Waals surface area contributed by atoms with Gasteiger partial charge < -0.3 is 10.6 Å². The van der Waals surface area contributed by atoms with Crippen molar-refractivity contribution in [3.8, 4) is 0 Å². The van der Waals surface area contributed by atoms with E-state index in [9.17, 15) is 9.59 Å². The van der Waals surface area contributed by atoms with E-state index in [4.69, 9.17) is 0 Å². The molecule has 0 aliphatic heterocycles. The van der Waals surface area contributed by atoms with Gasteiger partial charge in [-0.15, -0.1) is 0 Å². The topological polar surface area (TPSA) is 70.2 Å². The number of benzene rings is 1. The molecular weight excluding hydrogens is 346 g/mol. The summed E-state index contributed by atoms with van der Waals surface area (Å²) in [5.74, 6) is -0.350. The van der Waals surface area contributed by atoms with Crippen molar-refractivity contribution in [1.29, 1.82) is 0 Å². The largest absolute Gasteiger partial charge is 0.333 e. The van der Waals surface area contributed by atoms with E-state index in [-0.39, 0.29) is 24.0 Å². The van der Waals surface area contributed by atoms with Gasteiger partial charge in [-0.05, 0) is 44.9 Å². The van der Waals surface area contributed by atoms with Gasteiger partial charge in [-0.25, -0.2) is 4.79 Å². The lowest BCUT2D eigenvalue weighted by Crippen LogP contribution is -2.50. The molecule has 122 valence electrons. The number of carbonyl (C=O) groups is 2. The van der Waals surface area contributed by atoms with E-state index in [1.807, 2.05) is 52.0 Å². The minimum absolute atomic E-state index is 0.0736. The summed E-state index contributed by atoms with van der Waals surface area (Å²) in [4.78, 5) is 23.4. The summed E-state index contributed by atoms with van der Waals surface area (Å²) >= 11 is 3.40. The quantitative estimate of drug-likeness (QED) is 0.746. The lowest BCUT2D eigenvalue weighted by Gasteiger charge is -2.21. The Bertz CT molecular complexity index is 509. The average molecular weight is 370 g/mol. The van der Waals surface area contributed by atoms with Crippen LogP contribution in [0.15, 0.2) is 28.7 Å². The maximum Gasteiger partial charge on any atom is 0.321 e. The van der Waals surface area contributed by atoms with Crippen LogP contribution < -0.4 is 16.0 Å². The first-order valence-corrected chi connectivity index (χ1v) is 8.11. The molecule has 0 saturated heterocycles. The van der Waals surface area contributed by atoms with Crippen LogP contribution in [-0.4, -0.2) is 24.0 Å². The molecule has 3 N–H and O–H groups in total. The predicted molar refractivity (Wildman–Crippen MR) is 91.6 cm³/mol. The van der Waals surface area contributed by atoms with Crippen molar-refractivity contribution in [2.45, 2.75) is 45.7 Å². The smallest absolute Gasteiger partial charge is 0.321 e. The number of imide groups is 1. The Labute approximate surface area is 140 Å². The van der Waals surface area contributed by atoms with E-state index in [0.717, 1.165) is 16.5 Å². The van der Waals surface area contributed by atoms with Gasteiger partial charge in [-0.2, -0.15) is 0 Å². The number of carbonyl (C=O) groups excluding carboxylic acids is 2. The maximum absolute atomic E-state index is 11.8. The highest BCUT2D eigenvalue weighted by molar-refractivity contribution is 9.10. The molecule has 1 rings (SSSR count). The summed E-state index contributed by atoms with van der Waals surface area (Å²) in [6, 6.07) is 7.55. The van der Waals surface area contributed by atoms with Crippen molar-refractivity contribution in [1.82, 2.24) is 16.0 Å². The zero-order valence-electron chi connectivity index (χ0n) is 13.5. The van der Waals surface area contributed by atoms with Crippen LogP contribution in [0, 0.1) is 0 Å². The molecule has 0 unspecified atom stereocenters. The van der Waals surface area contributed by atoms with Crippen LogP contribution in [0.3, 0.4) is 0 Å². The molecule has 5 nitrogen and oxygen atoms in total. The fourth-order valence-corrected chi connectivity index (χ4v) is 2.22. The van der Waals surface area contributed by atoms with Gasteiger partial charge in [0.1, 0.15) is 0 Å². The summed E-state index contributed by atoms with van der Waals surface area (Å²) in [6.07, 6.45) is 0.850. The van der Waals surface area contributed by atoms with Gasteiger partial charge in [0.25, 0.3) is 0 Å². The van der Waals surface area contributed by atoms with E-state index in [1.54, 1.807) is 0 Å². The Hall–Kier alpha value is -1.40. The summed E-state index contributed by atoms with van der Waals surface area (Å²) in [6.45, 7) is 7.71. The molecule has 0 aliphatic carbocycles. The third kappa shape index (κ3) is 7.04. The van der Waals surface area contributed by atoms with E-state index in [0.29, 0.717) is 0 Å². The second kappa shape index (κ2) is 8.29. The van der Waals surface area contributed by atoms with Gasteiger partial charge in [-0.3, -0.25) is 10.1 Å². The van der Waals surface area contributed by atoms with Crippen LogP contribution >= 0.6 is 15.9 Å². The zero-order valence-corrected chi connectivity index (χ0v) is 15.1. The predicted octanol–water partition coefficient (Wildman–Crippen LogP) is 3.11. The Morgan fingerprint density at radius 1 is 1.18 bits per heavy atom. The number of nitrogens with one attached hydrogen (secondary N) is 3. The molecule has 0 aromatic heterocycles. The second-order valence-electron chi connectivity index (χ2n) is 6.15. The second-order valence-corrected chi connectivity index (χ2v) is 7.06. The Kier molecular flexibility index (Phi) is 7.03. The van der Waals surface area contributed by atoms with Crippen molar-refractivity contribution in [2.75, 3.05) is 6.54 Å². The summed E-state index contributed by atoms with van der Waals surface area (Å²) in [7, 11) is 0. The highest BCUT2D eigenvalue weighted by Crippen LogP contribution is 2.19. The lowest BCUT2D eigenvalue weighted by molar-refractivity contribution is -0.119. The van der Waals surface area contributed by atoms with Gasteiger partial charge in [0.2, 0.25) is 5.91 Å². The van der Waals surface area contributed by atoms with Crippen LogP contribution in [-0.2, 0) is 4.79 Å². The lowest BCUT2D eigenvalue weighted by atomic mass is 10.0. The third-order valence-electron chi connectivity index (χ3n) is 2.93. The first-order chi connectivity index (χ1) is 10.2. The fraction of sp³-hybridized carbons (Fsp3) is 0.500. The first-order valence-electron chi connectivity index (χ1n) is 7.32. The molecule has 1 aromatic rings. The molecular formula is C16H24BrN3O2. The summed E-state index contributed by atoms with van der Waals surface area (Å²) < 4.78 is 1.02. The van der Waals surface area contributed by atoms with Gasteiger partial charge >= 0.3 is 6.03 Å². The van der Waals surface area contributed by atoms with Crippen LogP contribution in [0.4, 0.5) is 4.79 Å². The minimum Gasteiger partial charge on any atom is -0.333 e. The van der Waals surface area contributed by atoms with Crippen LogP contribution in [0.25, 0.3) is 0 Å². The zero-order chi connectivity index (χ0) is 16.8. The maximum atomic E-state index is 11.8. The van der Waals surface area contributed by atoms with Crippen LogP contribution in [0.5, 0.6) is 0 Å². The van der Waals surface area contributed by atoms with Gasteiger partial charge in [0, 0.05) is 16.1 Å². The van der Waals surface area contributed by atoms with E-state index in [2.05, 4.69) is 31.9 Å². The number of halogens is 1. The van der Waals surface area contributed by atoms with Crippen molar-refractivity contribution in [3.05, 3.63) is 34.3 Å². The summed E-state index contributed by atoms with van der Waals surface area (Å²) in [5, 5.41) is 8.17. The minimum atomic E-state index is -0.476. The molecule has 6 heteroatoms. The molecule has 0 fully saturated rings. The SMILES string of the molecule is CC[C@H](NCC(=O)NC(=O)NC(C)(C)C)c1ccc(Br)cc1. The van der Waals surface area contributed by atoms with E-state index in [1.165, 1.54) is 0 Å². The standard InChI is InChI=1S/C16H24BrN3O2/c1-5-13(11-6-8-12(17)9-7-11)18-10-14(21)19-15(22)20-16(2,3)4/h6-9,13,18H,5,10H2,1-4H3,(H2,19,20,21,22)/t13-/m0/s1. The van der Waals surface area contributed by atoms with Gasteiger partial charge in [-0.1, -0.05) is 35.0 Å². The Balaban J connectivity index is 2.47. The number of urea groups is 1. The van der Waals surface area contributed by atoms with Crippen molar-refractivity contribution < 1.29 is 9.59 Å². The van der Waals surface area contributed by atoms with Gasteiger partial charge in [0.15, 0.2) is 0 Å². The number of rotatable bonds is 5. The molecule has 0 radical (unpaired) electrons. The highest BCUT2D eigenvalue weighted by atomic mass is 79.9. The fourth-order valence-electron chi connectivity index (χ4n) is 1.95. The third-order valence-corrected chi connectivity index (χ3v) is 3.46. The Morgan fingerprint density at radius 2 is 1.77 bits per heavy atom. The van der Waals surface area contributed by atoms with Crippen molar-refractivity contribution >= 4 is 27.9 Å². The number of hydrogen-bond acceptors (Lipinski definition) is 3. The van der Waals surface area contributed by atoms with Gasteiger partial charge in [0.05, 0.1) is 6.54 Å². The van der Waals surface area contributed by atoms with Crippen LogP contribution in [0.1, 0.15) is 45.7 Å². The molecule has 1 aromatic carbocycles. The molecule has 0 saturated carbocycles. The molecule has 0 spiro atoms. The number of hydrogen-bond donors (Lipinski definition) is 3. The summed E-state index contributed by atoms with van der Waals surface area (Å²) in [5.41, 5.74) is 0.735. The average Bonchev–Trinajstić information content (AvgIpc) is 2.39. The van der Waals surface area contributed by atoms with E-state index >= 15 is 0 Å². The number of amides is 3. The van der Waals surface area contributed by atoms with E-state index < -0.39 is 6.03 Å². The normalized spacial score (nSPS) is 12.6. The molecule has 1 atom stereocenters. The molecule has 0 aliphatic rings. The molecule has 0 bridgehead atoms. The first kappa shape index (κ1) is 18.6.